The quantitative estimate of drug-likeness (QED) is 0.468. The Bertz CT molecular complexity index is 824. The number of carbonyl (C=O) groups is 1. The SMILES string of the molecule is CCC(Cl)c1cccc2[nH]c(C(=O)Cl)c(-c3ccccc3)c12. The summed E-state index contributed by atoms with van der Waals surface area (Å²) in [6, 6.07) is 15.7. The van der Waals surface area contributed by atoms with Gasteiger partial charge in [0.1, 0.15) is 5.69 Å². The van der Waals surface area contributed by atoms with Gasteiger partial charge < -0.3 is 4.98 Å². The highest BCUT2D eigenvalue weighted by atomic mass is 35.5. The van der Waals surface area contributed by atoms with Crippen LogP contribution in [-0.4, -0.2) is 10.2 Å². The molecule has 0 amide bonds. The second kappa shape index (κ2) is 6.15. The molecule has 1 aromatic heterocycles. The minimum Gasteiger partial charge on any atom is -0.351 e. The highest BCUT2D eigenvalue weighted by Gasteiger charge is 2.21. The minimum atomic E-state index is -0.497. The minimum absolute atomic E-state index is 0.111. The third-order valence-corrected chi connectivity index (χ3v) is 4.54. The number of carbonyl (C=O) groups excluding carboxylic acids is 1. The molecule has 22 heavy (non-hydrogen) atoms. The van der Waals surface area contributed by atoms with Crippen molar-refractivity contribution < 1.29 is 4.79 Å². The van der Waals surface area contributed by atoms with E-state index in [0.717, 1.165) is 34.0 Å². The number of alkyl halides is 1. The van der Waals surface area contributed by atoms with Crippen LogP contribution in [0.5, 0.6) is 0 Å². The molecule has 2 nitrogen and oxygen atoms in total. The number of halogens is 2. The van der Waals surface area contributed by atoms with Crippen LogP contribution in [0, 0.1) is 0 Å². The first-order chi connectivity index (χ1) is 10.6. The average Bonchev–Trinajstić information content (AvgIpc) is 2.94. The maximum Gasteiger partial charge on any atom is 0.269 e. The number of nitrogens with one attached hydrogen (secondary N) is 1. The van der Waals surface area contributed by atoms with Gasteiger partial charge in [0.25, 0.3) is 5.24 Å². The molecule has 1 N–H and O–H groups in total. The molecule has 1 heterocycles. The van der Waals surface area contributed by atoms with Crippen molar-refractivity contribution in [3.63, 3.8) is 0 Å². The van der Waals surface area contributed by atoms with Crippen LogP contribution in [0.1, 0.15) is 34.8 Å². The van der Waals surface area contributed by atoms with Crippen LogP contribution in [0.25, 0.3) is 22.0 Å². The van der Waals surface area contributed by atoms with E-state index in [-0.39, 0.29) is 5.38 Å². The van der Waals surface area contributed by atoms with Gasteiger partial charge in [-0.15, -0.1) is 11.6 Å². The Labute approximate surface area is 139 Å². The van der Waals surface area contributed by atoms with Crippen molar-refractivity contribution in [2.75, 3.05) is 0 Å². The van der Waals surface area contributed by atoms with E-state index in [1.54, 1.807) is 0 Å². The number of benzene rings is 2. The molecule has 0 saturated carbocycles. The molecular formula is C18H15Cl2NO. The summed E-state index contributed by atoms with van der Waals surface area (Å²) < 4.78 is 0. The summed E-state index contributed by atoms with van der Waals surface area (Å²) in [6.45, 7) is 2.04. The summed E-state index contributed by atoms with van der Waals surface area (Å²) in [4.78, 5) is 15.0. The largest absolute Gasteiger partial charge is 0.351 e. The first-order valence-corrected chi connectivity index (χ1v) is 7.98. The van der Waals surface area contributed by atoms with Crippen molar-refractivity contribution in [1.29, 1.82) is 0 Å². The summed E-state index contributed by atoms with van der Waals surface area (Å²) in [5.74, 6) is 0. The van der Waals surface area contributed by atoms with Gasteiger partial charge in [0.05, 0.1) is 5.38 Å². The number of hydrogen-bond acceptors (Lipinski definition) is 1. The van der Waals surface area contributed by atoms with Crippen LogP contribution in [-0.2, 0) is 0 Å². The first kappa shape index (κ1) is 15.1. The Balaban J connectivity index is 2.40. The van der Waals surface area contributed by atoms with E-state index in [1.165, 1.54) is 0 Å². The van der Waals surface area contributed by atoms with Gasteiger partial charge in [-0.1, -0.05) is 49.4 Å². The molecular weight excluding hydrogens is 317 g/mol. The molecule has 0 fully saturated rings. The third kappa shape index (κ3) is 2.53. The Morgan fingerprint density at radius 1 is 1.14 bits per heavy atom. The number of hydrogen-bond donors (Lipinski definition) is 1. The van der Waals surface area contributed by atoms with E-state index in [9.17, 15) is 4.79 Å². The first-order valence-electron chi connectivity index (χ1n) is 7.17. The van der Waals surface area contributed by atoms with Crippen molar-refractivity contribution in [1.82, 2.24) is 4.98 Å². The van der Waals surface area contributed by atoms with E-state index in [2.05, 4.69) is 4.98 Å². The number of fused-ring (bicyclic) bond motifs is 1. The second-order valence-electron chi connectivity index (χ2n) is 5.16. The molecule has 0 spiro atoms. The predicted octanol–water partition coefficient (Wildman–Crippen LogP) is 5.90. The number of H-pyrrole nitrogens is 1. The molecule has 3 rings (SSSR count). The summed E-state index contributed by atoms with van der Waals surface area (Å²) in [5, 5.41) is 0.364. The molecule has 0 aliphatic rings. The Morgan fingerprint density at radius 2 is 1.86 bits per heavy atom. The monoisotopic (exact) mass is 331 g/mol. The second-order valence-corrected chi connectivity index (χ2v) is 6.03. The molecule has 0 saturated heterocycles. The van der Waals surface area contributed by atoms with Crippen molar-refractivity contribution in [3.8, 4) is 11.1 Å². The number of aromatic amines is 1. The molecule has 3 aromatic rings. The smallest absolute Gasteiger partial charge is 0.269 e. The fourth-order valence-electron chi connectivity index (χ4n) is 2.80. The van der Waals surface area contributed by atoms with Crippen molar-refractivity contribution in [2.45, 2.75) is 18.7 Å². The molecule has 1 atom stereocenters. The van der Waals surface area contributed by atoms with E-state index in [0.29, 0.717) is 5.69 Å². The Kier molecular flexibility index (Phi) is 4.23. The van der Waals surface area contributed by atoms with E-state index in [1.807, 2.05) is 55.5 Å². The van der Waals surface area contributed by atoms with E-state index < -0.39 is 5.24 Å². The van der Waals surface area contributed by atoms with Gasteiger partial charge in [-0.25, -0.2) is 0 Å². The number of aromatic nitrogens is 1. The standard InChI is InChI=1S/C18H15Cl2NO/c1-2-13(19)12-9-6-10-14-16(12)15(17(21-14)18(20)22)11-7-4-3-5-8-11/h3-10,13,21H,2H2,1H3. The number of rotatable bonds is 4. The van der Waals surface area contributed by atoms with Crippen molar-refractivity contribution in [2.24, 2.45) is 0 Å². The zero-order chi connectivity index (χ0) is 15.7. The van der Waals surface area contributed by atoms with Crippen LogP contribution in [0.4, 0.5) is 0 Å². The van der Waals surface area contributed by atoms with Gasteiger partial charge in [-0.3, -0.25) is 4.79 Å². The van der Waals surface area contributed by atoms with Crippen molar-refractivity contribution >= 4 is 39.3 Å². The maximum atomic E-state index is 11.9. The van der Waals surface area contributed by atoms with E-state index >= 15 is 0 Å². The third-order valence-electron chi connectivity index (χ3n) is 3.81. The van der Waals surface area contributed by atoms with Crippen LogP contribution in [0.3, 0.4) is 0 Å². The molecule has 112 valence electrons. The molecule has 0 radical (unpaired) electrons. The van der Waals surface area contributed by atoms with Gasteiger partial charge in [0.15, 0.2) is 0 Å². The van der Waals surface area contributed by atoms with Crippen LogP contribution in [0.15, 0.2) is 48.5 Å². The zero-order valence-electron chi connectivity index (χ0n) is 12.1. The van der Waals surface area contributed by atoms with Crippen molar-refractivity contribution in [3.05, 3.63) is 59.8 Å². The molecule has 0 aliphatic heterocycles. The molecule has 0 bridgehead atoms. The Morgan fingerprint density at radius 3 is 2.50 bits per heavy atom. The molecule has 0 aliphatic carbocycles. The summed E-state index contributed by atoms with van der Waals surface area (Å²) >= 11 is 12.3. The molecule has 1 unspecified atom stereocenters. The van der Waals surface area contributed by atoms with E-state index in [4.69, 9.17) is 23.2 Å². The van der Waals surface area contributed by atoms with Crippen LogP contribution in [0.2, 0.25) is 0 Å². The molecule has 2 aromatic carbocycles. The van der Waals surface area contributed by atoms with Gasteiger partial charge in [-0.05, 0) is 35.2 Å². The van der Waals surface area contributed by atoms with Gasteiger partial charge in [0, 0.05) is 16.5 Å². The Hall–Kier alpha value is -1.77. The topological polar surface area (TPSA) is 32.9 Å². The highest BCUT2D eigenvalue weighted by Crippen LogP contribution is 2.39. The molecule has 4 heteroatoms. The summed E-state index contributed by atoms with van der Waals surface area (Å²) in [6.07, 6.45) is 0.810. The normalized spacial score (nSPS) is 12.5. The van der Waals surface area contributed by atoms with Gasteiger partial charge >= 0.3 is 0 Å². The van der Waals surface area contributed by atoms with Gasteiger partial charge in [0.2, 0.25) is 0 Å². The predicted molar refractivity (Wildman–Crippen MR) is 92.8 cm³/mol. The average molecular weight is 332 g/mol. The maximum absolute atomic E-state index is 11.9. The lowest BCUT2D eigenvalue weighted by Crippen LogP contribution is -1.93. The van der Waals surface area contributed by atoms with Crippen LogP contribution >= 0.6 is 23.2 Å². The summed E-state index contributed by atoms with van der Waals surface area (Å²) in [5.41, 5.74) is 4.08. The van der Waals surface area contributed by atoms with Crippen LogP contribution < -0.4 is 0 Å². The fourth-order valence-corrected chi connectivity index (χ4v) is 3.12. The fraction of sp³-hybridized carbons (Fsp3) is 0.167. The lowest BCUT2D eigenvalue weighted by Gasteiger charge is -2.11. The highest BCUT2D eigenvalue weighted by molar-refractivity contribution is 6.68. The lowest BCUT2D eigenvalue weighted by atomic mass is 9.96. The van der Waals surface area contributed by atoms with Gasteiger partial charge in [-0.2, -0.15) is 0 Å². The zero-order valence-corrected chi connectivity index (χ0v) is 13.6. The summed E-state index contributed by atoms with van der Waals surface area (Å²) in [7, 11) is 0. The lowest BCUT2D eigenvalue weighted by molar-refractivity contribution is 0.107.